The Hall–Kier alpha value is -2.17. The van der Waals surface area contributed by atoms with Gasteiger partial charge in [-0.3, -0.25) is 19.7 Å². The monoisotopic (exact) mass is 330 g/mol. The first-order valence-corrected chi connectivity index (χ1v) is 8.51. The van der Waals surface area contributed by atoms with Crippen LogP contribution in [0.15, 0.2) is 18.2 Å². The molecule has 3 amide bonds. The lowest BCUT2D eigenvalue weighted by atomic mass is 9.80. The Morgan fingerprint density at radius 1 is 1.33 bits per heavy atom. The van der Waals surface area contributed by atoms with Gasteiger partial charge in [-0.05, 0) is 48.3 Å². The van der Waals surface area contributed by atoms with Crippen molar-refractivity contribution in [2.75, 3.05) is 0 Å². The minimum Gasteiger partial charge on any atom is -0.366 e. The van der Waals surface area contributed by atoms with Crippen molar-refractivity contribution in [2.45, 2.75) is 58.3 Å². The fourth-order valence-electron chi connectivity index (χ4n) is 3.01. The second-order valence-corrected chi connectivity index (χ2v) is 7.16. The van der Waals surface area contributed by atoms with Crippen molar-refractivity contribution < 1.29 is 14.4 Å². The van der Waals surface area contributed by atoms with Crippen LogP contribution >= 0.6 is 0 Å². The van der Waals surface area contributed by atoms with Crippen molar-refractivity contribution in [1.29, 1.82) is 0 Å². The summed E-state index contributed by atoms with van der Waals surface area (Å²) in [4.78, 5) is 34.8. The Kier molecular flexibility index (Phi) is 5.42. The third kappa shape index (κ3) is 4.02. The number of aryl methyl sites for hydroxylation is 1. The Labute approximate surface area is 143 Å². The summed E-state index contributed by atoms with van der Waals surface area (Å²) in [6, 6.07) is 5.78. The number of benzene rings is 1. The van der Waals surface area contributed by atoms with Crippen LogP contribution in [0.3, 0.4) is 0 Å². The number of nitrogens with two attached hydrogens (primary N) is 1. The molecule has 1 heterocycles. The van der Waals surface area contributed by atoms with Crippen molar-refractivity contribution in [2.24, 2.45) is 11.7 Å². The molecule has 0 aliphatic carbocycles. The van der Waals surface area contributed by atoms with Crippen molar-refractivity contribution >= 4 is 17.7 Å². The van der Waals surface area contributed by atoms with Crippen LogP contribution in [0.5, 0.6) is 0 Å². The third-order valence-electron chi connectivity index (χ3n) is 5.15. The lowest BCUT2D eigenvalue weighted by molar-refractivity contribution is -0.136. The van der Waals surface area contributed by atoms with E-state index in [1.165, 1.54) is 0 Å². The predicted molar refractivity (Wildman–Crippen MR) is 92.5 cm³/mol. The Bertz CT molecular complexity index is 665. The summed E-state index contributed by atoms with van der Waals surface area (Å²) in [5.74, 6) is -1.06. The SMILES string of the molecule is CCC(C)(C)c1ccc(C(N)=O)c(CC[C@H]2CCC(=O)NC2=O)c1. The van der Waals surface area contributed by atoms with E-state index < -0.39 is 5.91 Å². The number of amides is 3. The third-order valence-corrected chi connectivity index (χ3v) is 5.15. The molecule has 2 rings (SSSR count). The zero-order chi connectivity index (χ0) is 17.9. The zero-order valence-corrected chi connectivity index (χ0v) is 14.6. The molecular weight excluding hydrogens is 304 g/mol. The van der Waals surface area contributed by atoms with E-state index in [-0.39, 0.29) is 23.1 Å². The largest absolute Gasteiger partial charge is 0.366 e. The first kappa shape index (κ1) is 18.2. The van der Waals surface area contributed by atoms with Gasteiger partial charge in [0.2, 0.25) is 17.7 Å². The molecular formula is C19H26N2O3. The average molecular weight is 330 g/mol. The second kappa shape index (κ2) is 7.16. The highest BCUT2D eigenvalue weighted by atomic mass is 16.2. The maximum Gasteiger partial charge on any atom is 0.248 e. The van der Waals surface area contributed by atoms with Crippen LogP contribution < -0.4 is 11.1 Å². The highest BCUT2D eigenvalue weighted by Gasteiger charge is 2.27. The standard InChI is InChI=1S/C19H26N2O3/c1-4-19(2,3)14-8-9-15(17(20)23)13(11-14)6-5-12-7-10-16(22)21-18(12)24/h8-9,11-12H,4-7,10H2,1-3H3,(H2,20,23)(H,21,22,24)/t12-/m0/s1. The van der Waals surface area contributed by atoms with E-state index in [1.54, 1.807) is 6.07 Å². The van der Waals surface area contributed by atoms with Gasteiger partial charge in [0.1, 0.15) is 0 Å². The van der Waals surface area contributed by atoms with Gasteiger partial charge in [-0.2, -0.15) is 0 Å². The van der Waals surface area contributed by atoms with Gasteiger partial charge in [0, 0.05) is 17.9 Å². The molecule has 1 fully saturated rings. The summed E-state index contributed by atoms with van der Waals surface area (Å²) < 4.78 is 0. The van der Waals surface area contributed by atoms with Crippen LogP contribution in [-0.4, -0.2) is 17.7 Å². The van der Waals surface area contributed by atoms with Gasteiger partial charge in [-0.15, -0.1) is 0 Å². The lowest BCUT2D eigenvalue weighted by Gasteiger charge is -2.25. The molecule has 0 bridgehead atoms. The van der Waals surface area contributed by atoms with E-state index in [4.69, 9.17) is 5.73 Å². The van der Waals surface area contributed by atoms with Gasteiger partial charge >= 0.3 is 0 Å². The van der Waals surface area contributed by atoms with Crippen molar-refractivity contribution in [1.82, 2.24) is 5.32 Å². The molecule has 1 atom stereocenters. The molecule has 1 aliphatic rings. The van der Waals surface area contributed by atoms with Crippen molar-refractivity contribution in [3.63, 3.8) is 0 Å². The molecule has 0 saturated carbocycles. The average Bonchev–Trinajstić information content (AvgIpc) is 2.53. The van der Waals surface area contributed by atoms with E-state index in [1.807, 2.05) is 12.1 Å². The molecule has 5 nitrogen and oxygen atoms in total. The van der Waals surface area contributed by atoms with Gasteiger partial charge in [-0.1, -0.05) is 32.9 Å². The second-order valence-electron chi connectivity index (χ2n) is 7.16. The number of piperidine rings is 1. The maximum atomic E-state index is 11.9. The molecule has 1 aliphatic heterocycles. The lowest BCUT2D eigenvalue weighted by Crippen LogP contribution is -2.40. The van der Waals surface area contributed by atoms with Gasteiger partial charge < -0.3 is 5.73 Å². The normalized spacial score (nSPS) is 18.4. The summed E-state index contributed by atoms with van der Waals surface area (Å²) in [6.07, 6.45) is 3.13. The summed E-state index contributed by atoms with van der Waals surface area (Å²) in [7, 11) is 0. The Morgan fingerprint density at radius 2 is 2.04 bits per heavy atom. The Balaban J connectivity index is 2.20. The number of rotatable bonds is 6. The van der Waals surface area contributed by atoms with E-state index in [0.717, 1.165) is 17.5 Å². The predicted octanol–water partition coefficient (Wildman–Crippen LogP) is 2.46. The number of carbonyl (C=O) groups excluding carboxylic acids is 3. The van der Waals surface area contributed by atoms with Crippen molar-refractivity contribution in [3.05, 3.63) is 34.9 Å². The van der Waals surface area contributed by atoms with Gasteiger partial charge in [0.25, 0.3) is 0 Å². The summed E-state index contributed by atoms with van der Waals surface area (Å²) in [5, 5.41) is 2.38. The highest BCUT2D eigenvalue weighted by molar-refractivity contribution is 5.98. The number of hydrogen-bond acceptors (Lipinski definition) is 3. The minimum absolute atomic E-state index is 0.0135. The number of nitrogens with one attached hydrogen (secondary N) is 1. The molecule has 24 heavy (non-hydrogen) atoms. The quantitative estimate of drug-likeness (QED) is 0.785. The van der Waals surface area contributed by atoms with Crippen LogP contribution in [-0.2, 0) is 21.4 Å². The van der Waals surface area contributed by atoms with Gasteiger partial charge in [0.05, 0.1) is 0 Å². The summed E-state index contributed by atoms with van der Waals surface area (Å²) >= 11 is 0. The highest BCUT2D eigenvalue weighted by Crippen LogP contribution is 2.29. The topological polar surface area (TPSA) is 89.3 Å². The van der Waals surface area contributed by atoms with Crippen LogP contribution in [0, 0.1) is 5.92 Å². The number of carbonyl (C=O) groups is 3. The maximum absolute atomic E-state index is 11.9. The van der Waals surface area contributed by atoms with Gasteiger partial charge in [0.15, 0.2) is 0 Å². The number of imide groups is 1. The molecule has 0 spiro atoms. The number of primary amides is 1. The minimum atomic E-state index is -0.450. The Morgan fingerprint density at radius 3 is 2.62 bits per heavy atom. The van der Waals surface area contributed by atoms with Crippen LogP contribution in [0.25, 0.3) is 0 Å². The number of hydrogen-bond donors (Lipinski definition) is 2. The molecule has 3 N–H and O–H groups in total. The zero-order valence-electron chi connectivity index (χ0n) is 14.6. The smallest absolute Gasteiger partial charge is 0.248 e. The molecule has 0 unspecified atom stereocenters. The first-order valence-electron chi connectivity index (χ1n) is 8.51. The first-order chi connectivity index (χ1) is 11.2. The fraction of sp³-hybridized carbons (Fsp3) is 0.526. The van der Waals surface area contributed by atoms with E-state index >= 15 is 0 Å². The summed E-state index contributed by atoms with van der Waals surface area (Å²) in [6.45, 7) is 6.46. The molecule has 1 aromatic carbocycles. The van der Waals surface area contributed by atoms with E-state index in [0.29, 0.717) is 31.2 Å². The van der Waals surface area contributed by atoms with E-state index in [9.17, 15) is 14.4 Å². The fourth-order valence-corrected chi connectivity index (χ4v) is 3.01. The molecule has 0 aromatic heterocycles. The molecule has 0 radical (unpaired) electrons. The molecule has 1 aromatic rings. The van der Waals surface area contributed by atoms with Gasteiger partial charge in [-0.25, -0.2) is 0 Å². The van der Waals surface area contributed by atoms with Crippen LogP contribution in [0.1, 0.15) is 67.9 Å². The molecule has 130 valence electrons. The van der Waals surface area contributed by atoms with Crippen LogP contribution in [0.4, 0.5) is 0 Å². The molecule has 5 heteroatoms. The van der Waals surface area contributed by atoms with Crippen molar-refractivity contribution in [3.8, 4) is 0 Å². The molecule has 1 saturated heterocycles. The summed E-state index contributed by atoms with van der Waals surface area (Å²) in [5.41, 5.74) is 8.06. The van der Waals surface area contributed by atoms with Crippen LogP contribution in [0.2, 0.25) is 0 Å². The van der Waals surface area contributed by atoms with E-state index in [2.05, 4.69) is 26.1 Å².